The molecule has 0 bridgehead atoms. The minimum atomic E-state index is 0.523. The molecule has 0 heterocycles. The molecule has 2 heteroatoms. The summed E-state index contributed by atoms with van der Waals surface area (Å²) < 4.78 is 0. The van der Waals surface area contributed by atoms with E-state index in [9.17, 15) is 0 Å². The van der Waals surface area contributed by atoms with E-state index < -0.39 is 0 Å². The number of benzene rings is 1. The van der Waals surface area contributed by atoms with E-state index in [2.05, 4.69) is 10.8 Å². The minimum Gasteiger partial charge on any atom is -0.240 e. The Hall–Kier alpha value is -1.30. The lowest BCUT2D eigenvalue weighted by Crippen LogP contribution is -1.99. The molecule has 0 spiro atoms. The monoisotopic (exact) mass is 176 g/mol. The van der Waals surface area contributed by atoms with Gasteiger partial charge in [-0.15, -0.1) is 6.42 Å². The molecular weight excluding hydrogens is 164 g/mol. The average Bonchev–Trinajstić information content (AvgIpc) is 2.19. The standard InChI is InChI=1S/C11H12O2/c1-3-10-6-4-5-7-11(10)8-9-13-12-2/h1,4-7H,8-9H2,2H3. The maximum absolute atomic E-state index is 5.33. The van der Waals surface area contributed by atoms with Crippen LogP contribution in [-0.4, -0.2) is 13.7 Å². The number of hydrogen-bond donors (Lipinski definition) is 0. The first kappa shape index (κ1) is 9.79. The highest BCUT2D eigenvalue weighted by Gasteiger charge is 1.98. The molecule has 0 fully saturated rings. The SMILES string of the molecule is C#Cc1ccccc1CCOOC. The Bertz CT molecular complexity index is 299. The van der Waals surface area contributed by atoms with E-state index in [1.54, 1.807) is 0 Å². The van der Waals surface area contributed by atoms with Gasteiger partial charge >= 0.3 is 0 Å². The van der Waals surface area contributed by atoms with Crippen molar-refractivity contribution < 1.29 is 9.78 Å². The zero-order chi connectivity index (χ0) is 9.52. The summed E-state index contributed by atoms with van der Waals surface area (Å²) in [6.07, 6.45) is 6.10. The molecule has 0 aromatic heterocycles. The van der Waals surface area contributed by atoms with Gasteiger partial charge in [0.05, 0.1) is 13.7 Å². The van der Waals surface area contributed by atoms with Gasteiger partial charge in [-0.1, -0.05) is 24.1 Å². The van der Waals surface area contributed by atoms with Crippen LogP contribution in [0.5, 0.6) is 0 Å². The van der Waals surface area contributed by atoms with Gasteiger partial charge in [-0.25, -0.2) is 9.78 Å². The van der Waals surface area contributed by atoms with E-state index in [1.807, 2.05) is 24.3 Å². The average molecular weight is 176 g/mol. The van der Waals surface area contributed by atoms with Crippen LogP contribution in [0.25, 0.3) is 0 Å². The molecule has 0 N–H and O–H groups in total. The summed E-state index contributed by atoms with van der Waals surface area (Å²) in [5.41, 5.74) is 2.03. The molecule has 13 heavy (non-hydrogen) atoms. The Morgan fingerprint density at radius 1 is 1.38 bits per heavy atom. The van der Waals surface area contributed by atoms with Crippen LogP contribution >= 0.6 is 0 Å². The van der Waals surface area contributed by atoms with Gasteiger partial charge < -0.3 is 0 Å². The van der Waals surface area contributed by atoms with Gasteiger partial charge in [0.2, 0.25) is 0 Å². The van der Waals surface area contributed by atoms with Crippen molar-refractivity contribution in [1.29, 1.82) is 0 Å². The first-order valence-corrected chi connectivity index (χ1v) is 4.08. The van der Waals surface area contributed by atoms with Crippen molar-refractivity contribution >= 4 is 0 Å². The van der Waals surface area contributed by atoms with Crippen molar-refractivity contribution in [2.24, 2.45) is 0 Å². The molecule has 1 rings (SSSR count). The van der Waals surface area contributed by atoms with Crippen LogP contribution in [0.4, 0.5) is 0 Å². The molecule has 2 nitrogen and oxygen atoms in total. The topological polar surface area (TPSA) is 18.5 Å². The van der Waals surface area contributed by atoms with Gasteiger partial charge in [0.1, 0.15) is 0 Å². The van der Waals surface area contributed by atoms with Crippen molar-refractivity contribution in [1.82, 2.24) is 0 Å². The van der Waals surface area contributed by atoms with Gasteiger partial charge in [-0.2, -0.15) is 0 Å². The molecule has 0 aliphatic heterocycles. The van der Waals surface area contributed by atoms with E-state index in [-0.39, 0.29) is 0 Å². The molecule has 0 saturated heterocycles. The summed E-state index contributed by atoms with van der Waals surface area (Å²) in [7, 11) is 1.49. The zero-order valence-corrected chi connectivity index (χ0v) is 7.62. The second kappa shape index (κ2) is 5.36. The highest BCUT2D eigenvalue weighted by molar-refractivity contribution is 5.39. The maximum Gasteiger partial charge on any atom is 0.0862 e. The van der Waals surface area contributed by atoms with Crippen molar-refractivity contribution in [2.45, 2.75) is 6.42 Å². The van der Waals surface area contributed by atoms with Gasteiger partial charge in [-0.3, -0.25) is 0 Å². The smallest absolute Gasteiger partial charge is 0.0862 e. The fourth-order valence-electron chi connectivity index (χ4n) is 1.11. The normalized spacial score (nSPS) is 9.54. The van der Waals surface area contributed by atoms with Crippen molar-refractivity contribution in [2.75, 3.05) is 13.7 Å². The van der Waals surface area contributed by atoms with Crippen LogP contribution in [0.15, 0.2) is 24.3 Å². The van der Waals surface area contributed by atoms with E-state index in [0.29, 0.717) is 6.61 Å². The molecule has 0 atom stereocenters. The van der Waals surface area contributed by atoms with Crippen LogP contribution in [0.3, 0.4) is 0 Å². The highest BCUT2D eigenvalue weighted by Crippen LogP contribution is 2.07. The van der Waals surface area contributed by atoms with Crippen molar-refractivity contribution in [3.05, 3.63) is 35.4 Å². The predicted octanol–water partition coefficient (Wildman–Crippen LogP) is 1.79. The van der Waals surface area contributed by atoms with Crippen LogP contribution < -0.4 is 0 Å². The number of hydrogen-bond acceptors (Lipinski definition) is 2. The van der Waals surface area contributed by atoms with Crippen LogP contribution in [0.2, 0.25) is 0 Å². The number of terminal acetylenes is 1. The van der Waals surface area contributed by atoms with Gasteiger partial charge in [0.25, 0.3) is 0 Å². The molecule has 1 aromatic carbocycles. The lowest BCUT2D eigenvalue weighted by atomic mass is 10.1. The largest absolute Gasteiger partial charge is 0.240 e. The quantitative estimate of drug-likeness (QED) is 0.301. The molecule has 0 saturated carbocycles. The van der Waals surface area contributed by atoms with Crippen LogP contribution in [0, 0.1) is 12.3 Å². The molecule has 68 valence electrons. The lowest BCUT2D eigenvalue weighted by Gasteiger charge is -2.03. The third kappa shape index (κ3) is 2.90. The number of rotatable bonds is 4. The molecular formula is C11H12O2. The molecule has 0 aliphatic carbocycles. The Labute approximate surface area is 78.4 Å². The first-order chi connectivity index (χ1) is 6.38. The maximum atomic E-state index is 5.33. The summed E-state index contributed by atoms with van der Waals surface area (Å²) in [5.74, 6) is 2.63. The summed E-state index contributed by atoms with van der Waals surface area (Å²) in [6, 6.07) is 7.80. The van der Waals surface area contributed by atoms with Crippen LogP contribution in [-0.2, 0) is 16.2 Å². The van der Waals surface area contributed by atoms with E-state index in [4.69, 9.17) is 11.3 Å². The molecule has 1 aromatic rings. The lowest BCUT2D eigenvalue weighted by molar-refractivity contribution is -0.271. The van der Waals surface area contributed by atoms with E-state index >= 15 is 0 Å². The summed E-state index contributed by atoms with van der Waals surface area (Å²) in [4.78, 5) is 9.25. The van der Waals surface area contributed by atoms with Gasteiger partial charge in [0, 0.05) is 12.0 Å². The Kier molecular flexibility index (Phi) is 4.04. The van der Waals surface area contributed by atoms with Gasteiger partial charge in [0.15, 0.2) is 0 Å². The summed E-state index contributed by atoms with van der Waals surface area (Å²) in [5, 5.41) is 0. The molecule has 0 radical (unpaired) electrons. The second-order valence-corrected chi connectivity index (χ2v) is 2.54. The third-order valence-electron chi connectivity index (χ3n) is 1.75. The molecule has 0 unspecified atom stereocenters. The zero-order valence-electron chi connectivity index (χ0n) is 7.62. The molecule has 0 aliphatic rings. The first-order valence-electron chi connectivity index (χ1n) is 4.08. The second-order valence-electron chi connectivity index (χ2n) is 2.54. The minimum absolute atomic E-state index is 0.523. The summed E-state index contributed by atoms with van der Waals surface area (Å²) >= 11 is 0. The van der Waals surface area contributed by atoms with Crippen LogP contribution in [0.1, 0.15) is 11.1 Å². The van der Waals surface area contributed by atoms with Crippen molar-refractivity contribution in [3.63, 3.8) is 0 Å². The van der Waals surface area contributed by atoms with E-state index in [0.717, 1.165) is 17.5 Å². The Morgan fingerprint density at radius 2 is 2.15 bits per heavy atom. The third-order valence-corrected chi connectivity index (χ3v) is 1.75. The summed E-state index contributed by atoms with van der Waals surface area (Å²) in [6.45, 7) is 0.523. The Morgan fingerprint density at radius 3 is 2.85 bits per heavy atom. The molecule has 0 amide bonds. The van der Waals surface area contributed by atoms with Crippen molar-refractivity contribution in [3.8, 4) is 12.3 Å². The predicted molar refractivity (Wildman–Crippen MR) is 51.0 cm³/mol. The highest BCUT2D eigenvalue weighted by atomic mass is 17.2. The van der Waals surface area contributed by atoms with E-state index in [1.165, 1.54) is 7.11 Å². The Balaban J connectivity index is 2.60. The van der Waals surface area contributed by atoms with Gasteiger partial charge in [-0.05, 0) is 11.6 Å². The fraction of sp³-hybridized carbons (Fsp3) is 0.273. The fourth-order valence-corrected chi connectivity index (χ4v) is 1.11.